The molecule has 0 aromatic heterocycles. The second-order valence-electron chi connectivity index (χ2n) is 23.3. The van der Waals surface area contributed by atoms with Gasteiger partial charge in [-0.25, -0.2) is 26.4 Å². The highest BCUT2D eigenvalue weighted by molar-refractivity contribution is 7.89. The van der Waals surface area contributed by atoms with Crippen LogP contribution in [0.5, 0.6) is 0 Å². The van der Waals surface area contributed by atoms with Crippen molar-refractivity contribution in [2.24, 2.45) is 17.6 Å². The van der Waals surface area contributed by atoms with Crippen molar-refractivity contribution >= 4 is 49.9 Å². The van der Waals surface area contributed by atoms with Gasteiger partial charge < -0.3 is 36.0 Å². The highest BCUT2D eigenvalue weighted by Crippen LogP contribution is 2.29. The molecule has 0 bridgehead atoms. The Morgan fingerprint density at radius 1 is 0.627 bits per heavy atom. The van der Waals surface area contributed by atoms with Gasteiger partial charge >= 0.3 is 12.2 Å². The fourth-order valence-corrected chi connectivity index (χ4v) is 12.5. The summed E-state index contributed by atoms with van der Waals surface area (Å²) in [5, 5.41) is 30.6. The number of ether oxygens (including phenoxy) is 2. The number of carbonyl (C=O) groups is 3. The van der Waals surface area contributed by atoms with Gasteiger partial charge in [-0.15, -0.1) is 0 Å². The van der Waals surface area contributed by atoms with E-state index in [2.05, 4.69) is 25.8 Å². The van der Waals surface area contributed by atoms with E-state index in [0.29, 0.717) is 90.5 Å². The zero-order valence-corrected chi connectivity index (χ0v) is 51.1. The number of sulfonamides is 2. The summed E-state index contributed by atoms with van der Waals surface area (Å²) in [6.07, 6.45) is 0.892. The number of alkyl carbamates (subject to hydrolysis) is 2. The molecule has 458 valence electrons. The molecule has 2 fully saturated rings. The minimum Gasteiger partial charge on any atom is -0.444 e. The maximum absolute atomic E-state index is 14.0. The molecule has 0 radical (unpaired) electrons. The predicted molar refractivity (Wildman–Crippen MR) is 318 cm³/mol. The Balaban J connectivity index is 0.000000309. The number of carbonyl (C=O) groups excluding carboxylic acids is 3. The molecule has 4 aromatic rings. The van der Waals surface area contributed by atoms with Crippen LogP contribution in [0, 0.1) is 32.1 Å². The van der Waals surface area contributed by atoms with Gasteiger partial charge in [0.25, 0.3) is 11.4 Å². The van der Waals surface area contributed by atoms with E-state index in [1.807, 2.05) is 88.4 Å². The van der Waals surface area contributed by atoms with Gasteiger partial charge in [0, 0.05) is 102 Å². The number of hydrogen-bond donors (Lipinski definition) is 4. The number of benzene rings is 4. The Morgan fingerprint density at radius 3 is 1.42 bits per heavy atom. The lowest BCUT2D eigenvalue weighted by Gasteiger charge is -2.32. The molecule has 83 heavy (non-hydrogen) atoms. The van der Waals surface area contributed by atoms with Crippen LogP contribution in [-0.2, 0) is 47.4 Å². The van der Waals surface area contributed by atoms with E-state index in [0.717, 1.165) is 11.1 Å². The SMILES string of the molecule is CC(C)(C)OC(=O)NCC=O.CC(C)CCN([C@@H]1CN(Cc2ccccc2)C[C@H]1N)S(=O)(=O)c1ccc([N+](=O)[O-])cc1.CC(C)CCN([C@@H]1CN(Cc2ccccc2)C[C@H]1NCCNC(=O)OC(C)(C)C)S(=O)(=O)c1ccc([N+](=O)[O-])cc1. The van der Waals surface area contributed by atoms with Crippen molar-refractivity contribution in [1.82, 2.24) is 34.4 Å². The number of nitrogens with two attached hydrogens (primary N) is 1. The summed E-state index contributed by atoms with van der Waals surface area (Å²) < 4.78 is 68.2. The van der Waals surface area contributed by atoms with Gasteiger partial charge in [0.15, 0.2) is 0 Å². The Hall–Kier alpha value is -6.45. The normalized spacial score (nSPS) is 17.8. The lowest BCUT2D eigenvalue weighted by atomic mass is 10.1. The van der Waals surface area contributed by atoms with Crippen molar-refractivity contribution in [2.75, 3.05) is 58.9 Å². The number of nitrogens with zero attached hydrogens (tertiary/aromatic N) is 6. The first-order valence-electron chi connectivity index (χ1n) is 27.8. The van der Waals surface area contributed by atoms with Crippen LogP contribution in [0.2, 0.25) is 0 Å². The molecule has 2 aliphatic rings. The summed E-state index contributed by atoms with van der Waals surface area (Å²) in [4.78, 5) is 58.1. The first-order chi connectivity index (χ1) is 38.9. The van der Waals surface area contributed by atoms with Gasteiger partial charge in [0.2, 0.25) is 20.0 Å². The van der Waals surface area contributed by atoms with Crippen molar-refractivity contribution in [1.29, 1.82) is 0 Å². The predicted octanol–water partition coefficient (Wildman–Crippen LogP) is 7.55. The fraction of sp³-hybridized carbons (Fsp3) is 0.534. The van der Waals surface area contributed by atoms with E-state index in [4.69, 9.17) is 15.2 Å². The topological polar surface area (TPSA) is 299 Å². The summed E-state index contributed by atoms with van der Waals surface area (Å²) in [6, 6.07) is 28.9. The molecular formula is C58H86N10O13S2. The Morgan fingerprint density at radius 2 is 1.02 bits per heavy atom. The monoisotopic (exact) mass is 1190 g/mol. The van der Waals surface area contributed by atoms with Gasteiger partial charge in [-0.1, -0.05) is 88.4 Å². The number of nitro groups is 2. The van der Waals surface area contributed by atoms with Crippen LogP contribution in [0.15, 0.2) is 119 Å². The van der Waals surface area contributed by atoms with Crippen molar-refractivity contribution in [2.45, 2.75) is 140 Å². The summed E-state index contributed by atoms with van der Waals surface area (Å²) >= 11 is 0. The molecule has 2 aliphatic heterocycles. The molecule has 2 amide bonds. The quantitative estimate of drug-likeness (QED) is 0.0228. The minimum atomic E-state index is -3.96. The molecule has 6 rings (SSSR count). The van der Waals surface area contributed by atoms with Gasteiger partial charge in [-0.05, 0) is 102 Å². The van der Waals surface area contributed by atoms with E-state index >= 15 is 0 Å². The molecule has 0 aliphatic carbocycles. The van der Waals surface area contributed by atoms with Crippen LogP contribution in [0.1, 0.15) is 93.2 Å². The van der Waals surface area contributed by atoms with Crippen LogP contribution >= 0.6 is 0 Å². The Bertz CT molecular complexity index is 2910. The second kappa shape index (κ2) is 32.0. The molecule has 0 saturated carbocycles. The number of nitro benzene ring substituents is 2. The van der Waals surface area contributed by atoms with Crippen LogP contribution in [0.4, 0.5) is 21.0 Å². The average molecular weight is 1200 g/mol. The van der Waals surface area contributed by atoms with E-state index in [-0.39, 0.29) is 57.8 Å². The minimum absolute atomic E-state index is 0.00505. The number of non-ortho nitro benzene ring substituents is 2. The van der Waals surface area contributed by atoms with Crippen LogP contribution < -0.4 is 21.7 Å². The first kappa shape index (κ1) is 69.0. The first-order valence-corrected chi connectivity index (χ1v) is 30.7. The zero-order valence-electron chi connectivity index (χ0n) is 49.5. The second-order valence-corrected chi connectivity index (χ2v) is 27.1. The zero-order chi connectivity index (χ0) is 61.7. The van der Waals surface area contributed by atoms with Gasteiger partial charge in [0.05, 0.1) is 38.3 Å². The number of hydrogen-bond acceptors (Lipinski definition) is 17. The third-order valence-corrected chi connectivity index (χ3v) is 17.0. The Kier molecular flexibility index (Phi) is 26.6. The van der Waals surface area contributed by atoms with Crippen LogP contribution in [-0.4, -0.2) is 158 Å². The number of rotatable bonds is 24. The summed E-state index contributed by atoms with van der Waals surface area (Å²) in [5.74, 6) is 0.600. The van der Waals surface area contributed by atoms with Crippen LogP contribution in [0.3, 0.4) is 0 Å². The molecule has 0 unspecified atom stereocenters. The lowest BCUT2D eigenvalue weighted by molar-refractivity contribution is -0.385. The molecule has 5 N–H and O–H groups in total. The van der Waals surface area contributed by atoms with Crippen molar-refractivity contribution in [3.8, 4) is 0 Å². The van der Waals surface area contributed by atoms with E-state index in [1.165, 1.54) is 52.8 Å². The fourth-order valence-electron chi connectivity index (χ4n) is 9.12. The van der Waals surface area contributed by atoms with Crippen LogP contribution in [0.25, 0.3) is 0 Å². The summed E-state index contributed by atoms with van der Waals surface area (Å²) in [6.45, 7) is 23.9. The third-order valence-electron chi connectivity index (χ3n) is 13.1. The van der Waals surface area contributed by atoms with Gasteiger partial charge in [0.1, 0.15) is 17.5 Å². The van der Waals surface area contributed by atoms with Crippen molar-refractivity contribution in [3.05, 3.63) is 141 Å². The van der Waals surface area contributed by atoms with Crippen molar-refractivity contribution < 1.29 is 50.5 Å². The number of nitrogens with one attached hydrogen (secondary N) is 3. The highest BCUT2D eigenvalue weighted by atomic mass is 32.2. The van der Waals surface area contributed by atoms with Gasteiger partial charge in [-0.3, -0.25) is 30.0 Å². The largest absolute Gasteiger partial charge is 0.444 e. The molecule has 0 spiro atoms. The molecule has 2 heterocycles. The average Bonchev–Trinajstić information content (AvgIpc) is 3.83. The lowest BCUT2D eigenvalue weighted by Crippen LogP contribution is -2.53. The summed E-state index contributed by atoms with van der Waals surface area (Å²) in [7, 11) is -7.81. The number of likely N-dealkylation sites (tertiary alicyclic amines) is 2. The molecule has 4 atom stereocenters. The molecule has 25 heteroatoms. The number of aldehydes is 1. The Labute approximate surface area is 490 Å². The van der Waals surface area contributed by atoms with E-state index in [1.54, 1.807) is 45.8 Å². The van der Waals surface area contributed by atoms with Gasteiger partial charge in [-0.2, -0.15) is 8.61 Å². The van der Waals surface area contributed by atoms with E-state index in [9.17, 15) is 51.4 Å². The number of amides is 2. The third kappa shape index (κ3) is 23.3. The standard InChI is InChI=1S/C29H43N5O6S.C22H30N4O4S.C7H13NO3/c1-22(2)15-18-33(41(38,39)25-13-11-24(12-14-25)34(36)37)27-21-32(19-23-9-7-6-8-10-23)20-26(27)30-16-17-31-28(35)40-29(3,4)5;1-17(2)12-13-25(31(29,30)20-10-8-19(9-11-20)26(27)28)22-16-24(15-21(22)23)14-18-6-4-3-5-7-18;1-7(2,3)11-6(10)8-4-5-9/h6-14,22,26-27,30H,15-21H2,1-5H3,(H,31,35);3-11,17,21-22H,12-16,23H2,1-2H3;5H,4H2,1-3H3,(H,8,10)/t26-,27-;21-,22-;/m11./s1. The molecule has 4 aromatic carbocycles. The maximum atomic E-state index is 14.0. The molecular weight excluding hydrogens is 1110 g/mol. The smallest absolute Gasteiger partial charge is 0.408 e. The maximum Gasteiger partial charge on any atom is 0.408 e. The molecule has 23 nitrogen and oxygen atoms in total. The molecule has 2 saturated heterocycles. The van der Waals surface area contributed by atoms with E-state index < -0.39 is 53.3 Å². The van der Waals surface area contributed by atoms with Crippen molar-refractivity contribution in [3.63, 3.8) is 0 Å². The highest BCUT2D eigenvalue weighted by Gasteiger charge is 2.43. The summed E-state index contributed by atoms with van der Waals surface area (Å²) in [5.41, 5.74) is 7.31.